The number of aromatic nitrogens is 5. The molecule has 3 aromatic rings. The van der Waals surface area contributed by atoms with Crippen molar-refractivity contribution in [3.05, 3.63) is 36.0 Å². The molecule has 0 spiro atoms. The zero-order chi connectivity index (χ0) is 19.6. The summed E-state index contributed by atoms with van der Waals surface area (Å²) in [5.74, 6) is 4.18. The van der Waals surface area contributed by atoms with Crippen molar-refractivity contribution in [2.75, 3.05) is 13.7 Å². The van der Waals surface area contributed by atoms with Gasteiger partial charge in [0.1, 0.15) is 5.75 Å². The number of benzene rings is 1. The van der Waals surface area contributed by atoms with Gasteiger partial charge in [-0.25, -0.2) is 0 Å². The number of rotatable bonds is 8. The normalized spacial score (nSPS) is 19.0. The molecular weight excluding hydrogens is 390 g/mol. The highest BCUT2D eigenvalue weighted by atomic mass is 32.2. The number of methoxy groups -OCH3 is 1. The minimum atomic E-state index is 0.189. The van der Waals surface area contributed by atoms with Crippen LogP contribution in [-0.2, 0) is 17.0 Å². The Hall–Kier alpha value is -2.39. The van der Waals surface area contributed by atoms with Gasteiger partial charge in [0.25, 0.3) is 0 Å². The van der Waals surface area contributed by atoms with E-state index in [-0.39, 0.29) is 6.10 Å². The molecule has 0 amide bonds. The van der Waals surface area contributed by atoms with Gasteiger partial charge in [0.05, 0.1) is 25.5 Å². The van der Waals surface area contributed by atoms with Crippen molar-refractivity contribution in [1.82, 2.24) is 24.9 Å². The molecule has 0 bridgehead atoms. The van der Waals surface area contributed by atoms with Crippen LogP contribution in [0, 0.1) is 0 Å². The second kappa shape index (κ2) is 8.16. The molecule has 1 aliphatic heterocycles. The van der Waals surface area contributed by atoms with Crippen molar-refractivity contribution in [3.63, 3.8) is 0 Å². The lowest BCUT2D eigenvalue weighted by Gasteiger charge is -2.14. The smallest absolute Gasteiger partial charge is 0.229 e. The highest BCUT2D eigenvalue weighted by Crippen LogP contribution is 2.39. The fourth-order valence-corrected chi connectivity index (χ4v) is 4.25. The maximum Gasteiger partial charge on any atom is 0.229 e. The van der Waals surface area contributed by atoms with Gasteiger partial charge in [-0.1, -0.05) is 16.9 Å². The van der Waals surface area contributed by atoms with E-state index < -0.39 is 0 Å². The zero-order valence-corrected chi connectivity index (χ0v) is 17.1. The van der Waals surface area contributed by atoms with Gasteiger partial charge < -0.3 is 14.0 Å². The summed E-state index contributed by atoms with van der Waals surface area (Å²) >= 11 is 1.58. The van der Waals surface area contributed by atoms with Crippen molar-refractivity contribution >= 4 is 11.8 Å². The van der Waals surface area contributed by atoms with Crippen LogP contribution in [-0.4, -0.2) is 44.7 Å². The quantitative estimate of drug-likeness (QED) is 0.517. The summed E-state index contributed by atoms with van der Waals surface area (Å²) in [5.41, 5.74) is 0.999. The Morgan fingerprint density at radius 1 is 1.17 bits per heavy atom. The summed E-state index contributed by atoms with van der Waals surface area (Å²) in [6, 6.07) is 7.88. The highest BCUT2D eigenvalue weighted by Gasteiger charge is 2.29. The maximum absolute atomic E-state index is 5.86. The summed E-state index contributed by atoms with van der Waals surface area (Å²) < 4.78 is 18.6. The molecule has 5 rings (SSSR count). The predicted octanol–water partition coefficient (Wildman–Crippen LogP) is 3.69. The first kappa shape index (κ1) is 18.6. The SMILES string of the molecule is COc1ccc(-c2nnc(SCc3noc(C4CC4)n3)n2CC2CCCO2)cc1. The number of hydrogen-bond donors (Lipinski definition) is 0. The van der Waals surface area contributed by atoms with Gasteiger partial charge in [-0.15, -0.1) is 10.2 Å². The van der Waals surface area contributed by atoms with E-state index in [0.29, 0.717) is 17.5 Å². The molecule has 1 atom stereocenters. The van der Waals surface area contributed by atoms with Gasteiger partial charge in [0.15, 0.2) is 16.8 Å². The molecule has 1 saturated heterocycles. The van der Waals surface area contributed by atoms with Crippen LogP contribution in [0.2, 0.25) is 0 Å². The molecule has 1 aromatic carbocycles. The molecule has 1 saturated carbocycles. The number of ether oxygens (including phenoxy) is 2. The number of thioether (sulfide) groups is 1. The lowest BCUT2D eigenvalue weighted by Crippen LogP contribution is -2.16. The molecule has 152 valence electrons. The Kier molecular flexibility index (Phi) is 5.24. The molecular formula is C20H23N5O3S. The van der Waals surface area contributed by atoms with Crippen LogP contribution in [0.4, 0.5) is 0 Å². The Balaban J connectivity index is 1.37. The molecule has 9 heteroatoms. The standard InChI is InChI=1S/C20H23N5O3S/c1-26-15-8-6-13(7-9-15)18-22-23-20(25(18)11-16-3-2-10-27-16)29-12-17-21-19(28-24-17)14-4-5-14/h6-9,14,16H,2-5,10-12H2,1H3. The summed E-state index contributed by atoms with van der Waals surface area (Å²) in [6.45, 7) is 1.55. The third-order valence-corrected chi connectivity index (χ3v) is 6.18. The van der Waals surface area contributed by atoms with Crippen LogP contribution in [0.1, 0.15) is 43.3 Å². The minimum absolute atomic E-state index is 0.189. The van der Waals surface area contributed by atoms with Gasteiger partial charge in [-0.2, -0.15) is 4.98 Å². The molecule has 2 aromatic heterocycles. The Morgan fingerprint density at radius 2 is 2.03 bits per heavy atom. The Morgan fingerprint density at radius 3 is 2.76 bits per heavy atom. The summed E-state index contributed by atoms with van der Waals surface area (Å²) in [7, 11) is 1.66. The van der Waals surface area contributed by atoms with Crippen molar-refractivity contribution in [2.24, 2.45) is 0 Å². The fourth-order valence-electron chi connectivity index (χ4n) is 3.46. The van der Waals surface area contributed by atoms with E-state index in [2.05, 4.69) is 24.9 Å². The lowest BCUT2D eigenvalue weighted by atomic mass is 10.2. The third-order valence-electron chi connectivity index (χ3n) is 5.22. The first-order valence-electron chi connectivity index (χ1n) is 9.94. The van der Waals surface area contributed by atoms with Gasteiger partial charge >= 0.3 is 0 Å². The van der Waals surface area contributed by atoms with E-state index in [1.165, 1.54) is 0 Å². The van der Waals surface area contributed by atoms with E-state index in [0.717, 1.165) is 67.0 Å². The Bertz CT molecular complexity index is 961. The van der Waals surface area contributed by atoms with Crippen LogP contribution >= 0.6 is 11.8 Å². The monoisotopic (exact) mass is 413 g/mol. The first-order valence-corrected chi connectivity index (χ1v) is 10.9. The molecule has 3 heterocycles. The molecule has 2 aliphatic rings. The number of hydrogen-bond acceptors (Lipinski definition) is 8. The van der Waals surface area contributed by atoms with E-state index in [1.807, 2.05) is 24.3 Å². The topological polar surface area (TPSA) is 88.1 Å². The van der Waals surface area contributed by atoms with E-state index in [9.17, 15) is 0 Å². The maximum atomic E-state index is 5.86. The van der Waals surface area contributed by atoms with E-state index in [1.54, 1.807) is 18.9 Å². The molecule has 1 unspecified atom stereocenters. The van der Waals surface area contributed by atoms with Crippen molar-refractivity contribution in [3.8, 4) is 17.1 Å². The van der Waals surface area contributed by atoms with Crippen molar-refractivity contribution in [1.29, 1.82) is 0 Å². The molecule has 0 N–H and O–H groups in total. The highest BCUT2D eigenvalue weighted by molar-refractivity contribution is 7.98. The molecule has 0 radical (unpaired) electrons. The summed E-state index contributed by atoms with van der Waals surface area (Å²) in [6.07, 6.45) is 4.64. The van der Waals surface area contributed by atoms with Gasteiger partial charge in [-0.05, 0) is 49.9 Å². The van der Waals surface area contributed by atoms with Crippen LogP contribution in [0.15, 0.2) is 33.9 Å². The Labute approximate surface area is 173 Å². The average molecular weight is 414 g/mol. The minimum Gasteiger partial charge on any atom is -0.497 e. The second-order valence-corrected chi connectivity index (χ2v) is 8.33. The van der Waals surface area contributed by atoms with Crippen LogP contribution in [0.25, 0.3) is 11.4 Å². The largest absolute Gasteiger partial charge is 0.497 e. The molecule has 1 aliphatic carbocycles. The van der Waals surface area contributed by atoms with Gasteiger partial charge in [0, 0.05) is 18.1 Å². The van der Waals surface area contributed by atoms with E-state index >= 15 is 0 Å². The van der Waals surface area contributed by atoms with Gasteiger partial charge in [0.2, 0.25) is 5.89 Å². The predicted molar refractivity (Wildman–Crippen MR) is 107 cm³/mol. The molecule has 2 fully saturated rings. The number of nitrogens with zero attached hydrogens (tertiary/aromatic N) is 5. The van der Waals surface area contributed by atoms with Crippen LogP contribution < -0.4 is 4.74 Å². The first-order chi connectivity index (χ1) is 14.3. The van der Waals surface area contributed by atoms with E-state index in [4.69, 9.17) is 14.0 Å². The van der Waals surface area contributed by atoms with Crippen LogP contribution in [0.3, 0.4) is 0 Å². The van der Waals surface area contributed by atoms with Crippen molar-refractivity contribution in [2.45, 2.75) is 55.2 Å². The molecule has 29 heavy (non-hydrogen) atoms. The summed E-state index contributed by atoms with van der Waals surface area (Å²) in [5, 5.41) is 13.9. The molecule has 8 nitrogen and oxygen atoms in total. The lowest BCUT2D eigenvalue weighted by molar-refractivity contribution is 0.0953. The zero-order valence-electron chi connectivity index (χ0n) is 16.3. The summed E-state index contributed by atoms with van der Waals surface area (Å²) in [4.78, 5) is 4.51. The fraction of sp³-hybridized carbons (Fsp3) is 0.500. The van der Waals surface area contributed by atoms with Crippen molar-refractivity contribution < 1.29 is 14.0 Å². The third kappa shape index (κ3) is 4.16. The van der Waals surface area contributed by atoms with Gasteiger partial charge in [-0.3, -0.25) is 4.57 Å². The van der Waals surface area contributed by atoms with Crippen LogP contribution in [0.5, 0.6) is 5.75 Å². The average Bonchev–Trinajstić information content (AvgIpc) is 3.14. The second-order valence-electron chi connectivity index (χ2n) is 7.39.